The highest BCUT2D eigenvalue weighted by atomic mass is 19.4. The van der Waals surface area contributed by atoms with E-state index in [2.05, 4.69) is 0 Å². The fourth-order valence-electron chi connectivity index (χ4n) is 2.46. The molecule has 0 atom stereocenters. The molecule has 0 spiro atoms. The minimum absolute atomic E-state index is 0.0103. The number of rotatable bonds is 3. The molecule has 0 saturated heterocycles. The molecule has 0 radical (unpaired) electrons. The summed E-state index contributed by atoms with van der Waals surface area (Å²) in [5.74, 6) is -1.07. The standard InChI is InChI=1S/C15H17F3O3/c16-15(17,18)14(20)8-6-12(7-9-14)13(19)21-10-11-4-2-1-3-5-11/h1-5,12,20H,6-10H2. The highest BCUT2D eigenvalue weighted by Crippen LogP contribution is 2.43. The van der Waals surface area contributed by atoms with Crippen LogP contribution in [0.4, 0.5) is 13.2 Å². The van der Waals surface area contributed by atoms with Crippen LogP contribution in [0.1, 0.15) is 31.2 Å². The minimum Gasteiger partial charge on any atom is -0.461 e. The second-order valence-corrected chi connectivity index (χ2v) is 5.40. The van der Waals surface area contributed by atoms with Crippen LogP contribution in [0.15, 0.2) is 30.3 Å². The van der Waals surface area contributed by atoms with Crippen molar-refractivity contribution in [3.63, 3.8) is 0 Å². The van der Waals surface area contributed by atoms with Gasteiger partial charge in [-0.25, -0.2) is 0 Å². The first kappa shape index (κ1) is 15.8. The summed E-state index contributed by atoms with van der Waals surface area (Å²) in [5.41, 5.74) is -1.84. The maximum Gasteiger partial charge on any atom is 0.417 e. The average Bonchev–Trinajstić information content (AvgIpc) is 2.45. The summed E-state index contributed by atoms with van der Waals surface area (Å²) in [6, 6.07) is 9.07. The lowest BCUT2D eigenvalue weighted by Crippen LogP contribution is -2.48. The molecule has 1 fully saturated rings. The summed E-state index contributed by atoms with van der Waals surface area (Å²) >= 11 is 0. The summed E-state index contributed by atoms with van der Waals surface area (Å²) in [4.78, 5) is 11.8. The van der Waals surface area contributed by atoms with Crippen LogP contribution in [-0.2, 0) is 16.1 Å². The van der Waals surface area contributed by atoms with Crippen LogP contribution in [0.25, 0.3) is 0 Å². The molecule has 0 amide bonds. The summed E-state index contributed by atoms with van der Waals surface area (Å²) in [7, 11) is 0. The SMILES string of the molecule is O=C(OCc1ccccc1)C1CCC(O)(C(F)(F)F)CC1. The highest BCUT2D eigenvalue weighted by Gasteiger charge is 2.55. The Morgan fingerprint density at radius 2 is 1.81 bits per heavy atom. The third kappa shape index (κ3) is 3.75. The minimum atomic E-state index is -4.65. The van der Waals surface area contributed by atoms with E-state index < -0.39 is 36.5 Å². The molecule has 1 aliphatic carbocycles. The van der Waals surface area contributed by atoms with Gasteiger partial charge >= 0.3 is 12.1 Å². The van der Waals surface area contributed by atoms with Crippen molar-refractivity contribution in [2.75, 3.05) is 0 Å². The topological polar surface area (TPSA) is 46.5 Å². The Morgan fingerprint density at radius 1 is 1.24 bits per heavy atom. The fraction of sp³-hybridized carbons (Fsp3) is 0.533. The van der Waals surface area contributed by atoms with Crippen molar-refractivity contribution in [3.8, 4) is 0 Å². The van der Waals surface area contributed by atoms with Gasteiger partial charge in [0.15, 0.2) is 5.60 Å². The average molecular weight is 302 g/mol. The second kappa shape index (κ2) is 6.05. The Kier molecular flexibility index (Phi) is 4.56. The number of benzene rings is 1. The van der Waals surface area contributed by atoms with E-state index in [1.54, 1.807) is 12.1 Å². The molecule has 1 aromatic rings. The molecule has 1 N–H and O–H groups in total. The first-order chi connectivity index (χ1) is 9.82. The molecule has 1 saturated carbocycles. The third-order valence-corrected chi connectivity index (χ3v) is 3.90. The number of alkyl halides is 3. The van der Waals surface area contributed by atoms with E-state index in [1.807, 2.05) is 18.2 Å². The van der Waals surface area contributed by atoms with E-state index in [0.717, 1.165) is 5.56 Å². The Labute approximate surface area is 120 Å². The van der Waals surface area contributed by atoms with Crippen molar-refractivity contribution >= 4 is 5.97 Å². The van der Waals surface area contributed by atoms with Crippen LogP contribution < -0.4 is 0 Å². The smallest absolute Gasteiger partial charge is 0.417 e. The van der Waals surface area contributed by atoms with Gasteiger partial charge in [0.25, 0.3) is 0 Å². The fourth-order valence-corrected chi connectivity index (χ4v) is 2.46. The number of halogens is 3. The molecule has 0 heterocycles. The molecule has 1 aromatic carbocycles. The van der Waals surface area contributed by atoms with Gasteiger partial charge in [-0.15, -0.1) is 0 Å². The number of carbonyl (C=O) groups is 1. The number of ether oxygens (including phenoxy) is 1. The van der Waals surface area contributed by atoms with Crippen molar-refractivity contribution in [1.29, 1.82) is 0 Å². The van der Waals surface area contributed by atoms with Gasteiger partial charge in [0.2, 0.25) is 0 Å². The maximum atomic E-state index is 12.7. The molecule has 0 aromatic heterocycles. The van der Waals surface area contributed by atoms with E-state index in [4.69, 9.17) is 4.74 Å². The molecule has 116 valence electrons. The number of aliphatic hydroxyl groups is 1. The number of esters is 1. The Bertz CT molecular complexity index is 477. The van der Waals surface area contributed by atoms with Gasteiger partial charge in [-0.3, -0.25) is 4.79 Å². The largest absolute Gasteiger partial charge is 0.461 e. The molecule has 0 unspecified atom stereocenters. The van der Waals surface area contributed by atoms with Gasteiger partial charge in [-0.05, 0) is 31.2 Å². The summed E-state index contributed by atoms with van der Waals surface area (Å²) in [6.45, 7) is 0.111. The number of carbonyl (C=O) groups excluding carboxylic acids is 1. The zero-order valence-electron chi connectivity index (χ0n) is 11.4. The molecule has 0 bridgehead atoms. The van der Waals surface area contributed by atoms with E-state index in [0.29, 0.717) is 0 Å². The molecule has 6 heteroatoms. The van der Waals surface area contributed by atoms with Crippen LogP contribution in [0.2, 0.25) is 0 Å². The zero-order chi connectivity index (χ0) is 15.5. The lowest BCUT2D eigenvalue weighted by Gasteiger charge is -2.36. The number of hydrogen-bond acceptors (Lipinski definition) is 3. The highest BCUT2D eigenvalue weighted by molar-refractivity contribution is 5.72. The Hall–Kier alpha value is -1.56. The predicted octanol–water partition coefficient (Wildman–Crippen LogP) is 3.21. The van der Waals surface area contributed by atoms with Crippen molar-refractivity contribution in [3.05, 3.63) is 35.9 Å². The molecular weight excluding hydrogens is 285 g/mol. The summed E-state index contributed by atoms with van der Waals surface area (Å²) in [6.07, 6.45) is -5.58. The van der Waals surface area contributed by atoms with Crippen LogP contribution in [0.3, 0.4) is 0 Å². The van der Waals surface area contributed by atoms with Crippen molar-refractivity contribution in [2.45, 2.75) is 44.1 Å². The van der Waals surface area contributed by atoms with Gasteiger partial charge < -0.3 is 9.84 Å². The van der Waals surface area contributed by atoms with Crippen LogP contribution in [0, 0.1) is 5.92 Å². The maximum absolute atomic E-state index is 12.7. The van der Waals surface area contributed by atoms with E-state index in [9.17, 15) is 23.1 Å². The van der Waals surface area contributed by atoms with Crippen molar-refractivity contribution in [1.82, 2.24) is 0 Å². The molecular formula is C15H17F3O3. The van der Waals surface area contributed by atoms with Gasteiger partial charge in [-0.1, -0.05) is 30.3 Å². The second-order valence-electron chi connectivity index (χ2n) is 5.40. The van der Waals surface area contributed by atoms with Gasteiger partial charge in [-0.2, -0.15) is 13.2 Å². The quantitative estimate of drug-likeness (QED) is 0.872. The third-order valence-electron chi connectivity index (χ3n) is 3.90. The first-order valence-corrected chi connectivity index (χ1v) is 6.81. The Balaban J connectivity index is 1.84. The lowest BCUT2D eigenvalue weighted by atomic mass is 9.78. The van der Waals surface area contributed by atoms with E-state index in [1.165, 1.54) is 0 Å². The zero-order valence-corrected chi connectivity index (χ0v) is 11.4. The lowest BCUT2D eigenvalue weighted by molar-refractivity contribution is -0.272. The molecule has 21 heavy (non-hydrogen) atoms. The van der Waals surface area contributed by atoms with Crippen molar-refractivity contribution < 1.29 is 27.8 Å². The number of hydrogen-bond donors (Lipinski definition) is 1. The van der Waals surface area contributed by atoms with E-state index >= 15 is 0 Å². The Morgan fingerprint density at radius 3 is 2.33 bits per heavy atom. The van der Waals surface area contributed by atoms with Crippen LogP contribution in [0.5, 0.6) is 0 Å². The molecule has 2 rings (SSSR count). The monoisotopic (exact) mass is 302 g/mol. The van der Waals surface area contributed by atoms with Crippen LogP contribution in [-0.4, -0.2) is 22.9 Å². The van der Waals surface area contributed by atoms with E-state index in [-0.39, 0.29) is 19.4 Å². The predicted molar refractivity (Wildman–Crippen MR) is 69.2 cm³/mol. The first-order valence-electron chi connectivity index (χ1n) is 6.81. The van der Waals surface area contributed by atoms with Crippen LogP contribution >= 0.6 is 0 Å². The summed E-state index contributed by atoms with van der Waals surface area (Å²) in [5, 5.41) is 9.54. The van der Waals surface area contributed by atoms with Gasteiger partial charge in [0.05, 0.1) is 5.92 Å². The summed E-state index contributed by atoms with van der Waals surface area (Å²) < 4.78 is 43.1. The van der Waals surface area contributed by atoms with Crippen molar-refractivity contribution in [2.24, 2.45) is 5.92 Å². The molecule has 1 aliphatic rings. The molecule has 3 nitrogen and oxygen atoms in total. The molecule has 0 aliphatic heterocycles. The van der Waals surface area contributed by atoms with Gasteiger partial charge in [0, 0.05) is 0 Å². The normalized spacial score (nSPS) is 26.4. The van der Waals surface area contributed by atoms with Gasteiger partial charge in [0.1, 0.15) is 6.61 Å².